The Balaban J connectivity index is 2.30. The van der Waals surface area contributed by atoms with E-state index in [0.29, 0.717) is 15.2 Å². The van der Waals surface area contributed by atoms with Crippen molar-refractivity contribution in [3.63, 3.8) is 0 Å². The summed E-state index contributed by atoms with van der Waals surface area (Å²) in [6.07, 6.45) is 0. The molecular formula is C10H11BrClFN2. The highest BCUT2D eigenvalue weighted by molar-refractivity contribution is 9.10. The lowest BCUT2D eigenvalue weighted by atomic mass is 10.2. The zero-order valence-corrected chi connectivity index (χ0v) is 10.4. The smallest absolute Gasteiger partial charge is 0.147 e. The van der Waals surface area contributed by atoms with Crippen LogP contribution in [0.4, 0.5) is 10.1 Å². The van der Waals surface area contributed by atoms with E-state index in [4.69, 9.17) is 11.6 Å². The van der Waals surface area contributed by atoms with Crippen molar-refractivity contribution in [3.8, 4) is 0 Å². The Hall–Kier alpha value is -0.320. The third-order valence-corrected chi connectivity index (χ3v) is 3.64. The highest BCUT2D eigenvalue weighted by atomic mass is 79.9. The summed E-state index contributed by atoms with van der Waals surface area (Å²) in [5.74, 6) is -0.229. The molecular weight excluding hydrogens is 282 g/mol. The van der Waals surface area contributed by atoms with Crippen molar-refractivity contribution in [1.82, 2.24) is 5.32 Å². The number of halogens is 3. The molecule has 0 bridgehead atoms. The second kappa shape index (κ2) is 4.68. The minimum Gasteiger partial charge on any atom is -0.367 e. The Morgan fingerprint density at radius 2 is 2.00 bits per heavy atom. The van der Waals surface area contributed by atoms with Gasteiger partial charge in [0.25, 0.3) is 0 Å². The topological polar surface area (TPSA) is 15.3 Å². The van der Waals surface area contributed by atoms with Gasteiger partial charge in [-0.05, 0) is 28.1 Å². The van der Waals surface area contributed by atoms with Crippen LogP contribution in [0.2, 0.25) is 5.02 Å². The largest absolute Gasteiger partial charge is 0.367 e. The molecule has 0 spiro atoms. The first-order valence-corrected chi connectivity index (χ1v) is 5.96. The molecule has 15 heavy (non-hydrogen) atoms. The normalized spacial score (nSPS) is 16.9. The van der Waals surface area contributed by atoms with Gasteiger partial charge in [0.15, 0.2) is 0 Å². The van der Waals surface area contributed by atoms with Crippen LogP contribution in [0.15, 0.2) is 16.6 Å². The third-order valence-electron chi connectivity index (χ3n) is 2.45. The van der Waals surface area contributed by atoms with E-state index in [9.17, 15) is 4.39 Å². The number of rotatable bonds is 1. The average Bonchev–Trinajstić information content (AvgIpc) is 2.25. The fourth-order valence-corrected chi connectivity index (χ4v) is 2.13. The summed E-state index contributed by atoms with van der Waals surface area (Å²) >= 11 is 9.15. The minimum atomic E-state index is -0.229. The molecule has 1 aromatic rings. The van der Waals surface area contributed by atoms with Crippen molar-refractivity contribution in [2.75, 3.05) is 31.1 Å². The van der Waals surface area contributed by atoms with Gasteiger partial charge < -0.3 is 10.2 Å². The highest BCUT2D eigenvalue weighted by Gasteiger charge is 2.15. The van der Waals surface area contributed by atoms with E-state index in [1.165, 1.54) is 6.07 Å². The van der Waals surface area contributed by atoms with Gasteiger partial charge in [0.05, 0.1) is 10.7 Å². The van der Waals surface area contributed by atoms with E-state index in [0.717, 1.165) is 26.2 Å². The highest BCUT2D eigenvalue weighted by Crippen LogP contribution is 2.30. The molecule has 0 aromatic heterocycles. The Morgan fingerprint density at radius 1 is 1.33 bits per heavy atom. The first-order valence-electron chi connectivity index (χ1n) is 4.78. The summed E-state index contributed by atoms with van der Waals surface area (Å²) < 4.78 is 14.3. The van der Waals surface area contributed by atoms with Crippen molar-refractivity contribution < 1.29 is 4.39 Å². The van der Waals surface area contributed by atoms with Gasteiger partial charge in [-0.25, -0.2) is 4.39 Å². The van der Waals surface area contributed by atoms with Crippen LogP contribution in [0.25, 0.3) is 0 Å². The molecule has 0 aliphatic carbocycles. The van der Waals surface area contributed by atoms with Crippen LogP contribution >= 0.6 is 27.5 Å². The summed E-state index contributed by atoms with van der Waals surface area (Å²) in [7, 11) is 0. The molecule has 0 amide bonds. The van der Waals surface area contributed by atoms with Crippen LogP contribution in [0.3, 0.4) is 0 Å². The lowest BCUT2D eigenvalue weighted by Crippen LogP contribution is -2.43. The third kappa shape index (κ3) is 2.44. The van der Waals surface area contributed by atoms with E-state index in [-0.39, 0.29) is 5.82 Å². The SMILES string of the molecule is Fc1cc(Br)c(Cl)cc1N1CCNCC1. The Labute approximate surface area is 102 Å². The number of anilines is 1. The second-order valence-electron chi connectivity index (χ2n) is 3.45. The molecule has 1 heterocycles. The van der Waals surface area contributed by atoms with Gasteiger partial charge in [0, 0.05) is 30.7 Å². The number of nitrogens with zero attached hydrogens (tertiary/aromatic N) is 1. The van der Waals surface area contributed by atoms with E-state index in [1.54, 1.807) is 6.07 Å². The lowest BCUT2D eigenvalue weighted by Gasteiger charge is -2.29. The number of hydrogen-bond donors (Lipinski definition) is 1. The van der Waals surface area contributed by atoms with E-state index < -0.39 is 0 Å². The quantitative estimate of drug-likeness (QED) is 0.801. The zero-order chi connectivity index (χ0) is 10.8. The molecule has 1 aliphatic heterocycles. The molecule has 1 aromatic carbocycles. The molecule has 0 unspecified atom stereocenters. The fraction of sp³-hybridized carbons (Fsp3) is 0.400. The average molecular weight is 294 g/mol. The zero-order valence-electron chi connectivity index (χ0n) is 8.06. The molecule has 2 rings (SSSR count). The molecule has 2 nitrogen and oxygen atoms in total. The first-order chi connectivity index (χ1) is 7.18. The molecule has 5 heteroatoms. The maximum absolute atomic E-state index is 13.7. The van der Waals surface area contributed by atoms with Crippen LogP contribution < -0.4 is 10.2 Å². The maximum Gasteiger partial charge on any atom is 0.147 e. The van der Waals surface area contributed by atoms with Crippen LogP contribution in [0.5, 0.6) is 0 Å². The van der Waals surface area contributed by atoms with Crippen molar-refractivity contribution in [2.24, 2.45) is 0 Å². The van der Waals surface area contributed by atoms with Gasteiger partial charge in [-0.1, -0.05) is 11.6 Å². The number of hydrogen-bond acceptors (Lipinski definition) is 2. The summed E-state index contributed by atoms with van der Waals surface area (Å²) in [5.41, 5.74) is 0.588. The van der Waals surface area contributed by atoms with Crippen molar-refractivity contribution in [3.05, 3.63) is 27.4 Å². The van der Waals surface area contributed by atoms with Gasteiger partial charge in [-0.15, -0.1) is 0 Å². The van der Waals surface area contributed by atoms with Gasteiger partial charge in [-0.2, -0.15) is 0 Å². The van der Waals surface area contributed by atoms with Gasteiger partial charge in [-0.3, -0.25) is 0 Å². The molecule has 1 N–H and O–H groups in total. The first kappa shape index (κ1) is 11.2. The van der Waals surface area contributed by atoms with Crippen LogP contribution in [-0.2, 0) is 0 Å². The second-order valence-corrected chi connectivity index (χ2v) is 4.72. The maximum atomic E-state index is 13.7. The molecule has 82 valence electrons. The monoisotopic (exact) mass is 292 g/mol. The van der Waals surface area contributed by atoms with E-state index in [2.05, 4.69) is 21.2 Å². The van der Waals surface area contributed by atoms with Crippen molar-refractivity contribution >= 4 is 33.2 Å². The summed E-state index contributed by atoms with van der Waals surface area (Å²) in [6, 6.07) is 3.09. The molecule has 0 atom stereocenters. The Kier molecular flexibility index (Phi) is 3.49. The fourth-order valence-electron chi connectivity index (χ4n) is 1.66. The standard InChI is InChI=1S/C10H11BrClFN2/c11-7-5-9(13)10(6-8(7)12)15-3-1-14-2-4-15/h5-6,14H,1-4H2. The lowest BCUT2D eigenvalue weighted by molar-refractivity contribution is 0.566. The van der Waals surface area contributed by atoms with Crippen molar-refractivity contribution in [1.29, 1.82) is 0 Å². The predicted molar refractivity (Wildman–Crippen MR) is 64.2 cm³/mol. The number of benzene rings is 1. The van der Waals surface area contributed by atoms with Gasteiger partial charge in [0.1, 0.15) is 5.82 Å². The minimum absolute atomic E-state index is 0.229. The Morgan fingerprint density at radius 3 is 2.67 bits per heavy atom. The Bertz CT molecular complexity index is 367. The van der Waals surface area contributed by atoms with Gasteiger partial charge >= 0.3 is 0 Å². The number of piperazine rings is 1. The molecule has 1 saturated heterocycles. The summed E-state index contributed by atoms with van der Waals surface area (Å²) in [6.45, 7) is 3.39. The van der Waals surface area contributed by atoms with Crippen LogP contribution in [-0.4, -0.2) is 26.2 Å². The van der Waals surface area contributed by atoms with Crippen LogP contribution in [0.1, 0.15) is 0 Å². The van der Waals surface area contributed by atoms with Gasteiger partial charge in [0.2, 0.25) is 0 Å². The summed E-state index contributed by atoms with van der Waals surface area (Å²) in [5, 5.41) is 3.77. The summed E-state index contributed by atoms with van der Waals surface area (Å²) in [4.78, 5) is 2.00. The predicted octanol–water partition coefficient (Wildman–Crippen LogP) is 2.65. The van der Waals surface area contributed by atoms with E-state index >= 15 is 0 Å². The van der Waals surface area contributed by atoms with E-state index in [1.807, 2.05) is 4.90 Å². The number of nitrogens with one attached hydrogen (secondary N) is 1. The molecule has 1 aliphatic rings. The van der Waals surface area contributed by atoms with Crippen molar-refractivity contribution in [2.45, 2.75) is 0 Å². The molecule has 1 fully saturated rings. The molecule has 0 saturated carbocycles. The molecule has 0 radical (unpaired) electrons. The van der Waals surface area contributed by atoms with Crippen LogP contribution in [0, 0.1) is 5.82 Å².